The third kappa shape index (κ3) is 3.24. The zero-order chi connectivity index (χ0) is 27.8. The van der Waals surface area contributed by atoms with Crippen LogP contribution in [0.2, 0.25) is 0 Å². The zero-order valence-electron chi connectivity index (χ0n) is 21.9. The van der Waals surface area contributed by atoms with Gasteiger partial charge in [0.1, 0.15) is 5.75 Å². The van der Waals surface area contributed by atoms with Crippen molar-refractivity contribution in [2.45, 2.75) is 25.7 Å². The average Bonchev–Trinajstić information content (AvgIpc) is 3.33. The molecule has 7 heteroatoms. The minimum absolute atomic E-state index is 0.0631. The van der Waals surface area contributed by atoms with Crippen LogP contribution >= 0.6 is 0 Å². The van der Waals surface area contributed by atoms with Crippen LogP contribution in [0.15, 0.2) is 96.6 Å². The Labute approximate surface area is 231 Å². The van der Waals surface area contributed by atoms with Crippen molar-refractivity contribution in [1.82, 2.24) is 0 Å². The van der Waals surface area contributed by atoms with Gasteiger partial charge in [0.2, 0.25) is 23.6 Å². The van der Waals surface area contributed by atoms with Gasteiger partial charge in [-0.05, 0) is 67.6 Å². The number of carbonyl (C=O) groups is 4. The second kappa shape index (κ2) is 8.74. The van der Waals surface area contributed by atoms with Crippen molar-refractivity contribution < 1.29 is 24.3 Å². The number of rotatable bonds is 3. The predicted molar refractivity (Wildman–Crippen MR) is 148 cm³/mol. The van der Waals surface area contributed by atoms with Crippen molar-refractivity contribution in [2.75, 3.05) is 9.80 Å². The number of anilines is 2. The number of phenols is 1. The lowest BCUT2D eigenvalue weighted by Crippen LogP contribution is -2.48. The van der Waals surface area contributed by atoms with E-state index in [0.717, 1.165) is 11.1 Å². The molecule has 4 aliphatic rings. The highest BCUT2D eigenvalue weighted by molar-refractivity contribution is 6.25. The van der Waals surface area contributed by atoms with E-state index in [1.54, 1.807) is 66.7 Å². The molecule has 7 rings (SSSR count). The molecule has 6 atom stereocenters. The van der Waals surface area contributed by atoms with E-state index in [-0.39, 0.29) is 35.3 Å². The number of benzene rings is 3. The number of para-hydroxylation sites is 2. The summed E-state index contributed by atoms with van der Waals surface area (Å²) in [7, 11) is 0. The first kappa shape index (κ1) is 24.5. The smallest absolute Gasteiger partial charge is 0.241 e. The van der Waals surface area contributed by atoms with Gasteiger partial charge in [0, 0.05) is 5.92 Å². The molecule has 6 unspecified atom stereocenters. The highest BCUT2D eigenvalue weighted by atomic mass is 16.3. The largest absolute Gasteiger partial charge is 0.508 e. The number of amides is 4. The van der Waals surface area contributed by atoms with Crippen molar-refractivity contribution in [1.29, 1.82) is 0 Å². The van der Waals surface area contributed by atoms with Crippen LogP contribution in [0.25, 0.3) is 0 Å². The van der Waals surface area contributed by atoms with Crippen LogP contribution in [0.4, 0.5) is 11.4 Å². The summed E-state index contributed by atoms with van der Waals surface area (Å²) < 4.78 is 0. The molecule has 3 aromatic carbocycles. The fourth-order valence-corrected chi connectivity index (χ4v) is 7.75. The monoisotopic (exact) mass is 532 g/mol. The zero-order valence-corrected chi connectivity index (χ0v) is 21.9. The summed E-state index contributed by atoms with van der Waals surface area (Å²) in [6.45, 7) is 1.84. The van der Waals surface area contributed by atoms with Gasteiger partial charge in [-0.25, -0.2) is 4.90 Å². The fourth-order valence-electron chi connectivity index (χ4n) is 7.75. The Morgan fingerprint density at radius 2 is 1.40 bits per heavy atom. The highest BCUT2D eigenvalue weighted by Gasteiger charge is 2.67. The van der Waals surface area contributed by atoms with Gasteiger partial charge < -0.3 is 5.11 Å². The topological polar surface area (TPSA) is 95.0 Å². The van der Waals surface area contributed by atoms with Gasteiger partial charge in [0.25, 0.3) is 0 Å². The molecule has 4 amide bonds. The maximum atomic E-state index is 14.3. The van der Waals surface area contributed by atoms with Crippen LogP contribution in [0.3, 0.4) is 0 Å². The van der Waals surface area contributed by atoms with Gasteiger partial charge in [-0.15, -0.1) is 0 Å². The molecule has 0 spiro atoms. The van der Waals surface area contributed by atoms with Crippen LogP contribution in [0.5, 0.6) is 5.75 Å². The third-order valence-corrected chi connectivity index (χ3v) is 9.51. The maximum absolute atomic E-state index is 14.3. The summed E-state index contributed by atoms with van der Waals surface area (Å²) >= 11 is 0. The molecule has 7 nitrogen and oxygen atoms in total. The number of imide groups is 2. The summed E-state index contributed by atoms with van der Waals surface area (Å²) in [5, 5.41) is 10.4. The molecule has 40 heavy (non-hydrogen) atoms. The normalized spacial score (nSPS) is 31.1. The number of hydrogen-bond acceptors (Lipinski definition) is 5. The second-order valence-electron chi connectivity index (χ2n) is 11.4. The molecule has 2 aliphatic carbocycles. The molecule has 2 saturated heterocycles. The predicted octanol–water partition coefficient (Wildman–Crippen LogP) is 4.83. The molecule has 2 aliphatic heterocycles. The Morgan fingerprint density at radius 1 is 0.750 bits per heavy atom. The van der Waals surface area contributed by atoms with Crippen LogP contribution < -0.4 is 9.80 Å². The van der Waals surface area contributed by atoms with E-state index in [0.29, 0.717) is 24.2 Å². The number of phenolic OH excluding ortho intramolecular Hbond substituents is 1. The first-order valence-electron chi connectivity index (χ1n) is 13.7. The number of hydrogen-bond donors (Lipinski definition) is 1. The molecule has 0 radical (unpaired) electrons. The maximum Gasteiger partial charge on any atom is 0.241 e. The van der Waals surface area contributed by atoms with Gasteiger partial charge in [-0.1, -0.05) is 60.2 Å². The molecule has 0 bridgehead atoms. The van der Waals surface area contributed by atoms with E-state index in [9.17, 15) is 24.3 Å². The van der Waals surface area contributed by atoms with Crippen molar-refractivity contribution in [2.24, 2.45) is 29.1 Å². The van der Waals surface area contributed by atoms with Gasteiger partial charge in [0.05, 0.1) is 34.5 Å². The lowest BCUT2D eigenvalue weighted by atomic mass is 9.51. The first-order chi connectivity index (χ1) is 19.3. The van der Waals surface area contributed by atoms with E-state index in [1.807, 2.05) is 31.2 Å². The molecule has 200 valence electrons. The number of aromatic hydroxyl groups is 1. The van der Waals surface area contributed by atoms with E-state index >= 15 is 0 Å². The minimum Gasteiger partial charge on any atom is -0.508 e. The number of nitrogens with zero attached hydrogens (tertiary/aromatic N) is 2. The molecule has 0 aromatic heterocycles. The van der Waals surface area contributed by atoms with E-state index in [4.69, 9.17) is 0 Å². The molecule has 3 fully saturated rings. The Bertz CT molecular complexity index is 1600. The van der Waals surface area contributed by atoms with Crippen molar-refractivity contribution >= 4 is 35.0 Å². The second-order valence-corrected chi connectivity index (χ2v) is 11.4. The van der Waals surface area contributed by atoms with Gasteiger partial charge in [-0.3, -0.25) is 24.1 Å². The fraction of sp³-hybridized carbons (Fsp3) is 0.273. The lowest BCUT2D eigenvalue weighted by Gasteiger charge is -2.49. The first-order valence-corrected chi connectivity index (χ1v) is 13.7. The summed E-state index contributed by atoms with van der Waals surface area (Å²) in [6.07, 6.45) is 2.70. The van der Waals surface area contributed by atoms with Gasteiger partial charge >= 0.3 is 0 Å². The van der Waals surface area contributed by atoms with Crippen molar-refractivity contribution in [3.63, 3.8) is 0 Å². The third-order valence-electron chi connectivity index (χ3n) is 9.51. The van der Waals surface area contributed by atoms with E-state index in [2.05, 4.69) is 0 Å². The number of allylic oxidation sites excluding steroid dienone is 2. The SMILES string of the molecule is CC12C(=O)N(c3ccccc3)C(=O)C1CC1C(=CCC3C(=O)N(c4ccccc4)C(=O)C31)C2c1cccc(O)c1. The standard InChI is InChI=1S/C33H28N2O5/c1-33-26(30(38)35(32(33)40)21-12-6-3-7-13-21)18-25-23(28(33)19-9-8-14-22(36)17-19)15-16-24-27(25)31(39)34(29(24)37)20-10-4-2-5-11-20/h2-15,17,24-28,36H,16,18H2,1H3. The van der Waals surface area contributed by atoms with Gasteiger partial charge in [0.15, 0.2) is 0 Å². The molecular weight excluding hydrogens is 504 g/mol. The van der Waals surface area contributed by atoms with Crippen LogP contribution in [-0.2, 0) is 19.2 Å². The molecule has 3 aromatic rings. The quantitative estimate of drug-likeness (QED) is 0.385. The summed E-state index contributed by atoms with van der Waals surface area (Å²) in [6, 6.07) is 24.7. The van der Waals surface area contributed by atoms with Crippen molar-refractivity contribution in [3.8, 4) is 5.75 Å². The molecule has 1 N–H and O–H groups in total. The highest BCUT2D eigenvalue weighted by Crippen LogP contribution is 2.63. The van der Waals surface area contributed by atoms with E-state index < -0.39 is 29.1 Å². The molecule has 1 saturated carbocycles. The Hall–Kier alpha value is -4.52. The molecular formula is C33H28N2O5. The number of fused-ring (bicyclic) bond motifs is 4. The Kier molecular flexibility index (Phi) is 5.36. The summed E-state index contributed by atoms with van der Waals surface area (Å²) in [5.74, 6) is -3.76. The average molecular weight is 533 g/mol. The van der Waals surface area contributed by atoms with Gasteiger partial charge in [-0.2, -0.15) is 0 Å². The summed E-state index contributed by atoms with van der Waals surface area (Å²) in [4.78, 5) is 58.5. The summed E-state index contributed by atoms with van der Waals surface area (Å²) in [5.41, 5.74) is 1.55. The van der Waals surface area contributed by atoms with Crippen LogP contribution in [0.1, 0.15) is 31.2 Å². The Morgan fingerprint density at radius 3 is 2.05 bits per heavy atom. The molecule has 2 heterocycles. The number of carbonyl (C=O) groups excluding carboxylic acids is 4. The van der Waals surface area contributed by atoms with E-state index in [1.165, 1.54) is 9.80 Å². The lowest BCUT2D eigenvalue weighted by molar-refractivity contribution is -0.131. The van der Waals surface area contributed by atoms with Crippen LogP contribution in [0, 0.1) is 29.1 Å². The Balaban J connectivity index is 1.37. The minimum atomic E-state index is -1.12. The van der Waals surface area contributed by atoms with Crippen LogP contribution in [-0.4, -0.2) is 28.7 Å². The van der Waals surface area contributed by atoms with Crippen molar-refractivity contribution in [3.05, 3.63) is 102 Å².